The van der Waals surface area contributed by atoms with E-state index in [-0.39, 0.29) is 23.6 Å². The Morgan fingerprint density at radius 1 is 1.19 bits per heavy atom. The Morgan fingerprint density at radius 3 is 2.67 bits per heavy atom. The molecule has 0 aliphatic heterocycles. The quantitative estimate of drug-likeness (QED) is 0.662. The molecule has 8 heteroatoms. The predicted molar refractivity (Wildman–Crippen MR) is 76.7 cm³/mol. The van der Waals surface area contributed by atoms with Crippen molar-refractivity contribution in [1.82, 2.24) is 10.9 Å². The highest BCUT2D eigenvalue weighted by atomic mass is 32.1. The third-order valence-electron chi connectivity index (χ3n) is 2.55. The van der Waals surface area contributed by atoms with Crippen molar-refractivity contribution in [3.8, 4) is 0 Å². The Hall–Kier alpha value is -2.74. The number of nitrogens with one attached hydrogen (secondary N) is 2. The molecule has 108 valence electrons. The zero-order chi connectivity index (χ0) is 15.2. The first kappa shape index (κ1) is 14.7. The van der Waals surface area contributed by atoms with Crippen LogP contribution in [0.1, 0.15) is 15.2 Å². The summed E-state index contributed by atoms with van der Waals surface area (Å²) in [5.74, 6) is -0.977. The first-order valence-electron chi connectivity index (χ1n) is 5.92. The molecule has 0 atom stereocenters. The van der Waals surface area contributed by atoms with E-state index in [1.165, 1.54) is 29.5 Å². The molecule has 0 unspecified atom stereocenters. The van der Waals surface area contributed by atoms with Gasteiger partial charge in [0.2, 0.25) is 5.91 Å². The predicted octanol–water partition coefficient (Wildman–Crippen LogP) is 1.66. The lowest BCUT2D eigenvalue weighted by Crippen LogP contribution is -2.42. The molecular weight excluding hydrogens is 294 g/mol. The SMILES string of the molecule is O=C(Cc1cccs1)NNC(=O)c1cccc([N+](=O)[O-])c1. The Labute approximate surface area is 123 Å². The molecule has 0 bridgehead atoms. The van der Waals surface area contributed by atoms with Crippen molar-refractivity contribution in [2.45, 2.75) is 6.42 Å². The van der Waals surface area contributed by atoms with Crippen molar-refractivity contribution in [1.29, 1.82) is 0 Å². The fourth-order valence-corrected chi connectivity index (χ4v) is 2.28. The Bertz CT molecular complexity index is 670. The molecule has 2 rings (SSSR count). The molecule has 0 spiro atoms. The van der Waals surface area contributed by atoms with E-state index in [1.807, 2.05) is 17.5 Å². The van der Waals surface area contributed by atoms with Gasteiger partial charge in [-0.2, -0.15) is 0 Å². The summed E-state index contributed by atoms with van der Waals surface area (Å²) >= 11 is 1.44. The van der Waals surface area contributed by atoms with Crippen LogP contribution in [0, 0.1) is 10.1 Å². The lowest BCUT2D eigenvalue weighted by Gasteiger charge is -2.06. The number of carbonyl (C=O) groups excluding carboxylic acids is 2. The minimum absolute atomic E-state index is 0.0978. The van der Waals surface area contributed by atoms with E-state index in [0.717, 1.165) is 10.9 Å². The van der Waals surface area contributed by atoms with Crippen molar-refractivity contribution in [3.63, 3.8) is 0 Å². The number of hydrogen-bond acceptors (Lipinski definition) is 5. The summed E-state index contributed by atoms with van der Waals surface area (Å²) < 4.78 is 0. The molecule has 0 fully saturated rings. The molecule has 0 aliphatic rings. The number of nitro benzene ring substituents is 1. The summed E-state index contributed by atoms with van der Waals surface area (Å²) in [6.45, 7) is 0. The molecule has 0 saturated heterocycles. The zero-order valence-electron chi connectivity index (χ0n) is 10.7. The van der Waals surface area contributed by atoms with Crippen LogP contribution in [-0.2, 0) is 11.2 Å². The summed E-state index contributed by atoms with van der Waals surface area (Å²) in [4.78, 5) is 34.3. The van der Waals surface area contributed by atoms with Gasteiger partial charge in [-0.3, -0.25) is 30.6 Å². The van der Waals surface area contributed by atoms with Crippen LogP contribution in [0.4, 0.5) is 5.69 Å². The van der Waals surface area contributed by atoms with E-state index >= 15 is 0 Å². The highest BCUT2D eigenvalue weighted by Crippen LogP contribution is 2.12. The van der Waals surface area contributed by atoms with Gasteiger partial charge in [-0.15, -0.1) is 11.3 Å². The summed E-state index contributed by atoms with van der Waals surface area (Å²) in [5.41, 5.74) is 4.40. The fraction of sp³-hybridized carbons (Fsp3) is 0.0769. The number of non-ortho nitro benzene ring substituents is 1. The molecule has 0 saturated carbocycles. The zero-order valence-corrected chi connectivity index (χ0v) is 11.6. The number of nitrogens with zero attached hydrogens (tertiary/aromatic N) is 1. The largest absolute Gasteiger partial charge is 0.273 e. The van der Waals surface area contributed by atoms with Crippen molar-refractivity contribution >= 4 is 28.8 Å². The standard InChI is InChI=1S/C13H11N3O4S/c17-12(8-11-5-2-6-21-11)14-15-13(18)9-3-1-4-10(7-9)16(19)20/h1-7H,8H2,(H,14,17)(H,15,18). The lowest BCUT2D eigenvalue weighted by atomic mass is 10.2. The molecule has 1 heterocycles. The third-order valence-corrected chi connectivity index (χ3v) is 3.43. The van der Waals surface area contributed by atoms with E-state index in [0.29, 0.717) is 0 Å². The van der Waals surface area contributed by atoms with E-state index in [1.54, 1.807) is 0 Å². The van der Waals surface area contributed by atoms with Crippen LogP contribution in [0.25, 0.3) is 0 Å². The minimum atomic E-state index is -0.613. The smallest absolute Gasteiger partial charge is 0.270 e. The Balaban J connectivity index is 1.91. The number of thiophene rings is 1. The summed E-state index contributed by atoms with van der Waals surface area (Å²) in [6, 6.07) is 8.89. The topological polar surface area (TPSA) is 101 Å². The number of hydrazine groups is 1. The maximum Gasteiger partial charge on any atom is 0.270 e. The molecule has 2 amide bonds. The third kappa shape index (κ3) is 4.11. The van der Waals surface area contributed by atoms with Crippen molar-refractivity contribution in [2.75, 3.05) is 0 Å². The van der Waals surface area contributed by atoms with Gasteiger partial charge in [0.25, 0.3) is 11.6 Å². The van der Waals surface area contributed by atoms with Crippen molar-refractivity contribution in [3.05, 3.63) is 62.3 Å². The molecule has 2 N–H and O–H groups in total. The molecule has 21 heavy (non-hydrogen) atoms. The highest BCUT2D eigenvalue weighted by molar-refractivity contribution is 7.10. The average Bonchev–Trinajstić information content (AvgIpc) is 2.97. The van der Waals surface area contributed by atoms with Crippen LogP contribution in [0.2, 0.25) is 0 Å². The fourth-order valence-electron chi connectivity index (χ4n) is 1.57. The minimum Gasteiger partial charge on any atom is -0.273 e. The van der Waals surface area contributed by atoms with Gasteiger partial charge in [-0.05, 0) is 17.5 Å². The summed E-state index contributed by atoms with van der Waals surface area (Å²) in [5, 5.41) is 12.5. The van der Waals surface area contributed by atoms with Gasteiger partial charge in [0.05, 0.1) is 11.3 Å². The van der Waals surface area contributed by atoms with E-state index < -0.39 is 10.8 Å². The number of hydrogen-bond donors (Lipinski definition) is 2. The van der Waals surface area contributed by atoms with E-state index in [4.69, 9.17) is 0 Å². The Morgan fingerprint density at radius 2 is 2.00 bits per heavy atom. The van der Waals surface area contributed by atoms with E-state index in [9.17, 15) is 19.7 Å². The number of amides is 2. The number of rotatable bonds is 4. The van der Waals surface area contributed by atoms with Crippen LogP contribution >= 0.6 is 11.3 Å². The normalized spacial score (nSPS) is 9.90. The average molecular weight is 305 g/mol. The van der Waals surface area contributed by atoms with Crippen LogP contribution in [-0.4, -0.2) is 16.7 Å². The van der Waals surface area contributed by atoms with Gasteiger partial charge in [-0.25, -0.2) is 0 Å². The van der Waals surface area contributed by atoms with Gasteiger partial charge in [0.15, 0.2) is 0 Å². The van der Waals surface area contributed by atoms with Crippen LogP contribution in [0.3, 0.4) is 0 Å². The second-order valence-electron chi connectivity index (χ2n) is 4.07. The molecule has 7 nitrogen and oxygen atoms in total. The maximum absolute atomic E-state index is 11.8. The first-order valence-corrected chi connectivity index (χ1v) is 6.80. The van der Waals surface area contributed by atoms with Crippen molar-refractivity contribution in [2.24, 2.45) is 0 Å². The molecule has 1 aromatic carbocycles. The molecule has 2 aromatic rings. The molecule has 0 aliphatic carbocycles. The maximum atomic E-state index is 11.8. The lowest BCUT2D eigenvalue weighted by molar-refractivity contribution is -0.384. The summed E-state index contributed by atoms with van der Waals surface area (Å²) in [7, 11) is 0. The van der Waals surface area contributed by atoms with Gasteiger partial charge < -0.3 is 0 Å². The second kappa shape index (κ2) is 6.62. The first-order chi connectivity index (χ1) is 10.1. The van der Waals surface area contributed by atoms with Gasteiger partial charge in [-0.1, -0.05) is 12.1 Å². The number of nitro groups is 1. The van der Waals surface area contributed by atoms with Crippen LogP contribution in [0.15, 0.2) is 41.8 Å². The van der Waals surface area contributed by atoms with Crippen molar-refractivity contribution < 1.29 is 14.5 Å². The van der Waals surface area contributed by atoms with Crippen LogP contribution in [0.5, 0.6) is 0 Å². The number of benzene rings is 1. The molecule has 0 radical (unpaired) electrons. The monoisotopic (exact) mass is 305 g/mol. The van der Waals surface area contributed by atoms with E-state index in [2.05, 4.69) is 10.9 Å². The van der Waals surface area contributed by atoms with Gasteiger partial charge >= 0.3 is 0 Å². The highest BCUT2D eigenvalue weighted by Gasteiger charge is 2.12. The summed E-state index contributed by atoms with van der Waals surface area (Å²) in [6.07, 6.45) is 0.160. The molecule has 1 aromatic heterocycles. The Kier molecular flexibility index (Phi) is 4.62. The second-order valence-corrected chi connectivity index (χ2v) is 5.10. The van der Waals surface area contributed by atoms with Gasteiger partial charge in [0, 0.05) is 22.6 Å². The van der Waals surface area contributed by atoms with Crippen LogP contribution < -0.4 is 10.9 Å². The molecular formula is C13H11N3O4S. The number of carbonyl (C=O) groups is 2. The van der Waals surface area contributed by atoms with Gasteiger partial charge in [0.1, 0.15) is 0 Å².